The number of carbonyl (C=O) groups is 1. The molecule has 1 rings (SSSR count). The summed E-state index contributed by atoms with van der Waals surface area (Å²) in [6.45, 7) is 0. The van der Waals surface area contributed by atoms with Gasteiger partial charge >= 0.3 is 5.97 Å². The molecule has 0 aliphatic carbocycles. The van der Waals surface area contributed by atoms with Gasteiger partial charge in [-0.05, 0) is 12.1 Å². The summed E-state index contributed by atoms with van der Waals surface area (Å²) in [6, 6.07) is 4.70. The molecule has 0 aromatic heterocycles. The van der Waals surface area contributed by atoms with Crippen molar-refractivity contribution in [2.75, 3.05) is 0 Å². The SMILES string of the molecule is Cl.Cl.O=C(O)c1ccc([N+](=O)[O-])cc1. The minimum Gasteiger partial charge on any atom is -0.478 e. The van der Waals surface area contributed by atoms with Gasteiger partial charge in [0.05, 0.1) is 10.5 Å². The summed E-state index contributed by atoms with van der Waals surface area (Å²) >= 11 is 0. The number of benzene rings is 1. The number of hydrogen-bond acceptors (Lipinski definition) is 3. The molecule has 1 aromatic rings. The van der Waals surface area contributed by atoms with Crippen molar-refractivity contribution in [3.8, 4) is 0 Å². The Labute approximate surface area is 91.7 Å². The predicted octanol–water partition coefficient (Wildman–Crippen LogP) is 2.14. The fourth-order valence-corrected chi connectivity index (χ4v) is 0.726. The van der Waals surface area contributed by atoms with Gasteiger partial charge in [-0.25, -0.2) is 4.79 Å². The van der Waals surface area contributed by atoms with Crippen LogP contribution >= 0.6 is 24.8 Å². The molecule has 0 saturated heterocycles. The van der Waals surface area contributed by atoms with Crippen LogP contribution in [0.1, 0.15) is 10.4 Å². The van der Waals surface area contributed by atoms with E-state index in [1.54, 1.807) is 0 Å². The predicted molar refractivity (Wildman–Crippen MR) is 54.6 cm³/mol. The molecule has 1 aromatic carbocycles. The second-order valence-corrected chi connectivity index (χ2v) is 2.11. The topological polar surface area (TPSA) is 80.4 Å². The number of carboxylic acid groups (broad SMARTS) is 1. The van der Waals surface area contributed by atoms with Crippen molar-refractivity contribution in [3.63, 3.8) is 0 Å². The van der Waals surface area contributed by atoms with Gasteiger partial charge in [-0.1, -0.05) is 0 Å². The molecule has 0 saturated carbocycles. The minimum absolute atomic E-state index is 0. The van der Waals surface area contributed by atoms with Crippen LogP contribution in [0.3, 0.4) is 0 Å². The Morgan fingerprint density at radius 1 is 1.21 bits per heavy atom. The fraction of sp³-hybridized carbons (Fsp3) is 0. The van der Waals surface area contributed by atoms with Crippen LogP contribution in [0.2, 0.25) is 0 Å². The average Bonchev–Trinajstić information content (AvgIpc) is 2.04. The first kappa shape index (κ1) is 15.2. The van der Waals surface area contributed by atoms with Crippen LogP contribution in [0.5, 0.6) is 0 Å². The molecule has 5 nitrogen and oxygen atoms in total. The lowest BCUT2D eigenvalue weighted by Gasteiger charge is -1.92. The smallest absolute Gasteiger partial charge is 0.335 e. The lowest BCUT2D eigenvalue weighted by atomic mass is 10.2. The number of non-ortho nitro benzene ring substituents is 1. The average molecular weight is 240 g/mol. The maximum absolute atomic E-state index is 10.3. The van der Waals surface area contributed by atoms with E-state index in [1.165, 1.54) is 12.1 Å². The van der Waals surface area contributed by atoms with Crippen molar-refractivity contribution in [2.24, 2.45) is 0 Å². The lowest BCUT2D eigenvalue weighted by molar-refractivity contribution is -0.384. The molecule has 0 aliphatic rings. The Bertz CT molecular complexity index is 292. The first-order valence-electron chi connectivity index (χ1n) is 3.09. The van der Waals surface area contributed by atoms with E-state index in [4.69, 9.17) is 5.11 Å². The summed E-state index contributed by atoms with van der Waals surface area (Å²) in [5.41, 5.74) is -0.0689. The molecule has 7 heteroatoms. The molecule has 0 spiro atoms. The highest BCUT2D eigenvalue weighted by molar-refractivity contribution is 5.87. The number of nitro benzene ring substituents is 1. The van der Waals surface area contributed by atoms with Gasteiger partial charge in [0.2, 0.25) is 0 Å². The molecule has 1 N–H and O–H groups in total. The van der Waals surface area contributed by atoms with Crippen molar-refractivity contribution in [2.45, 2.75) is 0 Å². The van der Waals surface area contributed by atoms with Crippen molar-refractivity contribution in [1.29, 1.82) is 0 Å². The molecule has 0 amide bonds. The third-order valence-corrected chi connectivity index (χ3v) is 1.33. The standard InChI is InChI=1S/C7H5NO4.2ClH/c9-7(10)5-1-3-6(4-2-5)8(11)12;;/h1-4H,(H,9,10);2*1H. The number of nitro groups is 1. The van der Waals surface area contributed by atoms with E-state index in [0.29, 0.717) is 0 Å². The van der Waals surface area contributed by atoms with E-state index in [1.807, 2.05) is 0 Å². The minimum atomic E-state index is -1.09. The second-order valence-electron chi connectivity index (χ2n) is 2.11. The van der Waals surface area contributed by atoms with E-state index >= 15 is 0 Å². The maximum atomic E-state index is 10.3. The van der Waals surface area contributed by atoms with Gasteiger partial charge in [0.25, 0.3) is 5.69 Å². The second kappa shape index (κ2) is 6.17. The first-order valence-corrected chi connectivity index (χ1v) is 3.09. The van der Waals surface area contributed by atoms with E-state index < -0.39 is 10.9 Å². The van der Waals surface area contributed by atoms with Crippen molar-refractivity contribution in [3.05, 3.63) is 39.9 Å². The molecule has 0 radical (unpaired) electrons. The van der Waals surface area contributed by atoms with Gasteiger partial charge < -0.3 is 5.11 Å². The highest BCUT2D eigenvalue weighted by Crippen LogP contribution is 2.11. The molecular formula is C7H7Cl2NO4. The molecule has 0 fully saturated rings. The highest BCUT2D eigenvalue weighted by Gasteiger charge is 2.06. The third-order valence-electron chi connectivity index (χ3n) is 1.33. The Hall–Kier alpha value is -1.33. The Balaban J connectivity index is 0. The number of halogens is 2. The van der Waals surface area contributed by atoms with Crippen molar-refractivity contribution >= 4 is 36.5 Å². The van der Waals surface area contributed by atoms with Gasteiger partial charge in [-0.3, -0.25) is 10.1 Å². The summed E-state index contributed by atoms with van der Waals surface area (Å²) in [5.74, 6) is -1.09. The first-order chi connectivity index (χ1) is 5.61. The molecule has 0 bridgehead atoms. The Morgan fingerprint density at radius 2 is 1.64 bits per heavy atom. The number of nitrogens with zero attached hydrogens (tertiary/aromatic N) is 1. The number of hydrogen-bond donors (Lipinski definition) is 1. The Morgan fingerprint density at radius 3 is 1.93 bits per heavy atom. The monoisotopic (exact) mass is 239 g/mol. The molecule has 78 valence electrons. The van der Waals surface area contributed by atoms with Gasteiger partial charge in [0, 0.05) is 12.1 Å². The van der Waals surface area contributed by atoms with E-state index in [9.17, 15) is 14.9 Å². The quantitative estimate of drug-likeness (QED) is 0.634. The van der Waals surface area contributed by atoms with Gasteiger partial charge in [-0.2, -0.15) is 0 Å². The van der Waals surface area contributed by atoms with Gasteiger partial charge in [0.1, 0.15) is 0 Å². The van der Waals surface area contributed by atoms with Crippen LogP contribution in [-0.4, -0.2) is 16.0 Å². The summed E-state index contributed by atoms with van der Waals surface area (Å²) < 4.78 is 0. The fourth-order valence-electron chi connectivity index (χ4n) is 0.726. The van der Waals surface area contributed by atoms with Crippen LogP contribution in [0, 0.1) is 10.1 Å². The summed E-state index contributed by atoms with van der Waals surface area (Å²) in [7, 11) is 0. The number of rotatable bonds is 2. The lowest BCUT2D eigenvalue weighted by Crippen LogP contribution is -1.96. The molecule has 14 heavy (non-hydrogen) atoms. The van der Waals surface area contributed by atoms with Crippen LogP contribution in [0.15, 0.2) is 24.3 Å². The molecule has 0 heterocycles. The number of aromatic carboxylic acids is 1. The maximum Gasteiger partial charge on any atom is 0.335 e. The van der Waals surface area contributed by atoms with E-state index in [0.717, 1.165) is 12.1 Å². The zero-order chi connectivity index (χ0) is 9.14. The van der Waals surface area contributed by atoms with Crippen LogP contribution in [0.25, 0.3) is 0 Å². The highest BCUT2D eigenvalue weighted by atomic mass is 35.5. The largest absolute Gasteiger partial charge is 0.478 e. The van der Waals surface area contributed by atoms with E-state index in [2.05, 4.69) is 0 Å². The third kappa shape index (κ3) is 3.59. The van der Waals surface area contributed by atoms with Crippen molar-refractivity contribution in [1.82, 2.24) is 0 Å². The van der Waals surface area contributed by atoms with Crippen molar-refractivity contribution < 1.29 is 14.8 Å². The molecular weight excluding hydrogens is 233 g/mol. The summed E-state index contributed by atoms with van der Waals surface area (Å²) in [6.07, 6.45) is 0. The zero-order valence-corrected chi connectivity index (χ0v) is 8.38. The molecule has 0 unspecified atom stereocenters. The Kier molecular flexibility index (Phi) is 6.68. The van der Waals surface area contributed by atoms with Gasteiger partial charge in [-0.15, -0.1) is 24.8 Å². The normalized spacial score (nSPS) is 8.00. The summed E-state index contributed by atoms with van der Waals surface area (Å²) in [4.78, 5) is 19.9. The summed E-state index contributed by atoms with van der Waals surface area (Å²) in [5, 5.41) is 18.6. The van der Waals surface area contributed by atoms with Crippen LogP contribution in [-0.2, 0) is 0 Å². The zero-order valence-electron chi connectivity index (χ0n) is 6.75. The molecule has 0 aliphatic heterocycles. The van der Waals surface area contributed by atoms with Crippen LogP contribution in [0.4, 0.5) is 5.69 Å². The van der Waals surface area contributed by atoms with E-state index in [-0.39, 0.29) is 36.1 Å². The van der Waals surface area contributed by atoms with Gasteiger partial charge in [0.15, 0.2) is 0 Å². The molecule has 0 atom stereocenters. The van der Waals surface area contributed by atoms with Crippen LogP contribution < -0.4 is 0 Å². The number of carboxylic acids is 1.